The van der Waals surface area contributed by atoms with Gasteiger partial charge in [-0.25, -0.2) is 15.0 Å². The van der Waals surface area contributed by atoms with Crippen LogP contribution in [0.25, 0.3) is 100 Å². The minimum Gasteiger partial charge on any atom is -0.456 e. The van der Waals surface area contributed by atoms with E-state index in [2.05, 4.69) is 103 Å². The minimum absolute atomic E-state index is 0.586. The van der Waals surface area contributed by atoms with Crippen molar-refractivity contribution in [1.82, 2.24) is 15.0 Å². The number of nitrogens with zero attached hydrogens (tertiary/aromatic N) is 3. The molecule has 0 saturated carbocycles. The Kier molecular flexibility index (Phi) is 6.42. The summed E-state index contributed by atoms with van der Waals surface area (Å²) in [6.07, 6.45) is 0. The van der Waals surface area contributed by atoms with Gasteiger partial charge in [-0.3, -0.25) is 0 Å². The van der Waals surface area contributed by atoms with Crippen molar-refractivity contribution in [2.75, 3.05) is 0 Å². The van der Waals surface area contributed by atoms with Crippen LogP contribution in [0, 0.1) is 0 Å². The maximum absolute atomic E-state index is 6.24. The summed E-state index contributed by atoms with van der Waals surface area (Å²) in [6, 6.07) is 55.7. The van der Waals surface area contributed by atoms with E-state index in [4.69, 9.17) is 23.8 Å². The Bertz CT molecular complexity index is 2870. The highest BCUT2D eigenvalue weighted by Crippen LogP contribution is 2.39. The van der Waals surface area contributed by atoms with Crippen LogP contribution in [0.4, 0.5) is 0 Å². The molecule has 10 aromatic rings. The van der Waals surface area contributed by atoms with Gasteiger partial charge in [0.15, 0.2) is 17.5 Å². The van der Waals surface area contributed by atoms with Gasteiger partial charge in [0.2, 0.25) is 0 Å². The van der Waals surface area contributed by atoms with Crippen LogP contribution in [0.3, 0.4) is 0 Å². The van der Waals surface area contributed by atoms with Crippen molar-refractivity contribution >= 4 is 43.9 Å². The molecule has 7 aromatic carbocycles. The zero-order valence-corrected chi connectivity index (χ0v) is 26.7. The molecule has 234 valence electrons. The van der Waals surface area contributed by atoms with E-state index in [1.165, 1.54) is 0 Å². The van der Waals surface area contributed by atoms with Gasteiger partial charge in [-0.2, -0.15) is 0 Å². The summed E-state index contributed by atoms with van der Waals surface area (Å²) < 4.78 is 12.5. The number of benzene rings is 7. The highest BCUT2D eigenvalue weighted by atomic mass is 16.3. The second kappa shape index (κ2) is 11.4. The first-order valence-electron chi connectivity index (χ1n) is 16.6. The summed E-state index contributed by atoms with van der Waals surface area (Å²) in [5.74, 6) is 1.78. The van der Waals surface area contributed by atoms with Gasteiger partial charge >= 0.3 is 0 Å². The second-order valence-corrected chi connectivity index (χ2v) is 12.4. The third-order valence-corrected chi connectivity index (χ3v) is 9.36. The Balaban J connectivity index is 1.17. The molecule has 50 heavy (non-hydrogen) atoms. The van der Waals surface area contributed by atoms with E-state index in [1.807, 2.05) is 60.7 Å². The quantitative estimate of drug-likeness (QED) is 0.187. The van der Waals surface area contributed by atoms with Crippen LogP contribution >= 0.6 is 0 Å². The van der Waals surface area contributed by atoms with Crippen molar-refractivity contribution in [3.8, 4) is 56.4 Å². The van der Waals surface area contributed by atoms with Crippen molar-refractivity contribution in [2.45, 2.75) is 0 Å². The monoisotopic (exact) mass is 641 g/mol. The summed E-state index contributed by atoms with van der Waals surface area (Å²) in [4.78, 5) is 15.4. The molecule has 0 spiro atoms. The first-order valence-corrected chi connectivity index (χ1v) is 16.6. The first kappa shape index (κ1) is 28.2. The molecule has 0 fully saturated rings. The lowest BCUT2D eigenvalue weighted by atomic mass is 9.97. The number of para-hydroxylation sites is 2. The topological polar surface area (TPSA) is 65.0 Å². The SMILES string of the molecule is c1ccc(-c2ccc(-c3nc(-c4cccc(-c5cccc6oc7ccccc7c56)c4)nc(-c4cccc5oc6ccccc6c45)n3)cc2)cc1. The lowest BCUT2D eigenvalue weighted by Gasteiger charge is -2.11. The molecule has 5 heteroatoms. The third kappa shape index (κ3) is 4.67. The summed E-state index contributed by atoms with van der Waals surface area (Å²) in [5, 5.41) is 4.19. The fraction of sp³-hybridized carbons (Fsp3) is 0. The zero-order valence-electron chi connectivity index (χ0n) is 26.7. The fourth-order valence-electron chi connectivity index (χ4n) is 7.00. The van der Waals surface area contributed by atoms with Crippen molar-refractivity contribution in [3.05, 3.63) is 164 Å². The largest absolute Gasteiger partial charge is 0.456 e. The maximum atomic E-state index is 6.24. The summed E-state index contributed by atoms with van der Waals surface area (Å²) in [6.45, 7) is 0. The number of hydrogen-bond acceptors (Lipinski definition) is 5. The number of furan rings is 2. The normalized spacial score (nSPS) is 11.6. The van der Waals surface area contributed by atoms with Crippen molar-refractivity contribution in [2.24, 2.45) is 0 Å². The van der Waals surface area contributed by atoms with E-state index in [0.717, 1.165) is 82.8 Å². The molecule has 0 amide bonds. The molecule has 0 aliphatic carbocycles. The van der Waals surface area contributed by atoms with Crippen LogP contribution in [0.5, 0.6) is 0 Å². The Hall–Kier alpha value is -6.85. The molecular formula is C45H27N3O2. The number of fused-ring (bicyclic) bond motifs is 6. The molecule has 3 aromatic heterocycles. The Morgan fingerprint density at radius 3 is 1.46 bits per heavy atom. The molecule has 0 N–H and O–H groups in total. The number of rotatable bonds is 5. The lowest BCUT2D eigenvalue weighted by molar-refractivity contribution is 0.668. The minimum atomic E-state index is 0.586. The zero-order chi connectivity index (χ0) is 33.0. The molecule has 0 radical (unpaired) electrons. The highest BCUT2D eigenvalue weighted by Gasteiger charge is 2.19. The van der Waals surface area contributed by atoms with Crippen molar-refractivity contribution in [1.29, 1.82) is 0 Å². The van der Waals surface area contributed by atoms with Crippen LogP contribution in [0.2, 0.25) is 0 Å². The van der Waals surface area contributed by atoms with Gasteiger partial charge in [-0.05, 0) is 52.6 Å². The first-order chi connectivity index (χ1) is 24.8. The summed E-state index contributed by atoms with van der Waals surface area (Å²) >= 11 is 0. The molecular weight excluding hydrogens is 615 g/mol. The van der Waals surface area contributed by atoms with Gasteiger partial charge in [0, 0.05) is 38.2 Å². The average molecular weight is 642 g/mol. The van der Waals surface area contributed by atoms with Gasteiger partial charge in [0.1, 0.15) is 22.3 Å². The van der Waals surface area contributed by atoms with Crippen LogP contribution < -0.4 is 0 Å². The van der Waals surface area contributed by atoms with Crippen LogP contribution in [-0.4, -0.2) is 15.0 Å². The van der Waals surface area contributed by atoms with Gasteiger partial charge in [0.25, 0.3) is 0 Å². The van der Waals surface area contributed by atoms with E-state index >= 15 is 0 Å². The van der Waals surface area contributed by atoms with E-state index in [-0.39, 0.29) is 0 Å². The fourth-order valence-corrected chi connectivity index (χ4v) is 7.00. The van der Waals surface area contributed by atoms with Crippen LogP contribution in [0.1, 0.15) is 0 Å². The van der Waals surface area contributed by atoms with E-state index < -0.39 is 0 Å². The average Bonchev–Trinajstić information content (AvgIpc) is 3.77. The Morgan fingerprint density at radius 2 is 0.760 bits per heavy atom. The molecule has 5 nitrogen and oxygen atoms in total. The standard InChI is InChI=1S/C45H27N3O2/c1-2-11-28(12-3-1)29-23-25-30(26-24-29)43-46-44(48-45(47-43)36-18-10-22-40-42(36)35-16-5-7-20-38(35)50-40)32-14-8-13-31(27-32)33-17-9-21-39-41(33)34-15-4-6-19-37(34)49-39/h1-27H. The highest BCUT2D eigenvalue weighted by molar-refractivity contribution is 6.13. The molecule has 10 rings (SSSR count). The van der Waals surface area contributed by atoms with Gasteiger partial charge in [-0.1, -0.05) is 133 Å². The predicted molar refractivity (Wildman–Crippen MR) is 202 cm³/mol. The van der Waals surface area contributed by atoms with E-state index in [1.54, 1.807) is 0 Å². The molecule has 3 heterocycles. The molecule has 0 bridgehead atoms. The van der Waals surface area contributed by atoms with Gasteiger partial charge in [0.05, 0.1) is 0 Å². The van der Waals surface area contributed by atoms with Crippen molar-refractivity contribution < 1.29 is 8.83 Å². The second-order valence-electron chi connectivity index (χ2n) is 12.4. The van der Waals surface area contributed by atoms with Crippen LogP contribution in [-0.2, 0) is 0 Å². The number of hydrogen-bond donors (Lipinski definition) is 0. The molecule has 0 aliphatic rings. The van der Waals surface area contributed by atoms with E-state index in [0.29, 0.717) is 17.5 Å². The number of aromatic nitrogens is 3. The summed E-state index contributed by atoms with van der Waals surface area (Å²) in [5.41, 5.74) is 10.5. The molecule has 0 saturated heterocycles. The Labute approximate surface area is 287 Å². The maximum Gasteiger partial charge on any atom is 0.164 e. The van der Waals surface area contributed by atoms with Gasteiger partial charge in [-0.15, -0.1) is 0 Å². The van der Waals surface area contributed by atoms with Crippen molar-refractivity contribution in [3.63, 3.8) is 0 Å². The molecule has 0 aliphatic heterocycles. The van der Waals surface area contributed by atoms with Gasteiger partial charge < -0.3 is 8.83 Å². The summed E-state index contributed by atoms with van der Waals surface area (Å²) in [7, 11) is 0. The molecule has 0 atom stereocenters. The smallest absolute Gasteiger partial charge is 0.164 e. The lowest BCUT2D eigenvalue weighted by Crippen LogP contribution is -2.00. The Morgan fingerprint density at radius 1 is 0.300 bits per heavy atom. The predicted octanol–water partition coefficient (Wildman–Crippen LogP) is 12.0. The van der Waals surface area contributed by atoms with E-state index in [9.17, 15) is 0 Å². The third-order valence-electron chi connectivity index (χ3n) is 9.36. The van der Waals surface area contributed by atoms with Crippen LogP contribution in [0.15, 0.2) is 173 Å². The molecule has 0 unspecified atom stereocenters.